The largest absolute Gasteiger partial charge is 0.357 e. The maximum atomic E-state index is 12.1. The van der Waals surface area contributed by atoms with E-state index in [0.717, 1.165) is 38.6 Å². The molecule has 6 nitrogen and oxygen atoms in total. The number of aliphatic imine (C=N–C) groups is 1. The molecule has 26 heavy (non-hydrogen) atoms. The van der Waals surface area contributed by atoms with Gasteiger partial charge in [-0.25, -0.2) is 0 Å². The molecule has 0 aromatic heterocycles. The molecule has 2 aliphatic rings. The molecule has 1 amide bonds. The van der Waals surface area contributed by atoms with Gasteiger partial charge in [-0.3, -0.25) is 9.79 Å². The zero-order valence-electron chi connectivity index (χ0n) is 17.0. The first-order valence-corrected chi connectivity index (χ1v) is 10.1. The molecule has 2 rings (SSSR count). The predicted molar refractivity (Wildman–Crippen MR) is 119 cm³/mol. The van der Waals surface area contributed by atoms with Crippen LogP contribution in [0.3, 0.4) is 0 Å². The van der Waals surface area contributed by atoms with Crippen LogP contribution in [0.15, 0.2) is 4.99 Å². The topological polar surface area (TPSA) is 60.0 Å². The van der Waals surface area contributed by atoms with Gasteiger partial charge in [0, 0.05) is 44.7 Å². The van der Waals surface area contributed by atoms with Gasteiger partial charge in [0.2, 0.25) is 5.91 Å². The Morgan fingerprint density at radius 2 is 1.96 bits per heavy atom. The number of carbonyl (C=O) groups excluding carboxylic acids is 1. The van der Waals surface area contributed by atoms with Crippen LogP contribution in [0.25, 0.3) is 0 Å². The smallest absolute Gasteiger partial charge is 0.225 e. The van der Waals surface area contributed by atoms with E-state index >= 15 is 0 Å². The van der Waals surface area contributed by atoms with Gasteiger partial charge in [0.05, 0.1) is 0 Å². The van der Waals surface area contributed by atoms with Crippen molar-refractivity contribution in [2.24, 2.45) is 16.8 Å². The Hall–Kier alpha value is -0.570. The molecule has 2 aliphatic heterocycles. The van der Waals surface area contributed by atoms with Gasteiger partial charge >= 0.3 is 0 Å². The van der Waals surface area contributed by atoms with E-state index < -0.39 is 0 Å². The lowest BCUT2D eigenvalue weighted by Crippen LogP contribution is -2.45. The quantitative estimate of drug-likeness (QED) is 0.334. The fourth-order valence-corrected chi connectivity index (χ4v) is 3.76. The van der Waals surface area contributed by atoms with Crippen molar-refractivity contribution in [3.63, 3.8) is 0 Å². The first-order chi connectivity index (χ1) is 12.0. The molecule has 0 aromatic rings. The molecule has 152 valence electrons. The SMILES string of the molecule is CCCN1CCC(CN=C(NCC)NC2CCN(C(=O)C(C)C)C2)C1.I. The summed E-state index contributed by atoms with van der Waals surface area (Å²) in [5.74, 6) is 1.91. The fraction of sp³-hybridized carbons (Fsp3) is 0.895. The summed E-state index contributed by atoms with van der Waals surface area (Å²) in [7, 11) is 0. The number of carbonyl (C=O) groups is 1. The number of likely N-dealkylation sites (tertiary alicyclic amines) is 2. The summed E-state index contributed by atoms with van der Waals surface area (Å²) < 4.78 is 0. The van der Waals surface area contributed by atoms with E-state index in [4.69, 9.17) is 4.99 Å². The zero-order valence-corrected chi connectivity index (χ0v) is 19.3. The second-order valence-corrected chi connectivity index (χ2v) is 7.74. The maximum Gasteiger partial charge on any atom is 0.225 e. The molecule has 0 radical (unpaired) electrons. The number of guanidine groups is 1. The van der Waals surface area contributed by atoms with Gasteiger partial charge in [-0.1, -0.05) is 20.8 Å². The highest BCUT2D eigenvalue weighted by Crippen LogP contribution is 2.17. The minimum absolute atomic E-state index is 0. The molecule has 0 saturated carbocycles. The summed E-state index contributed by atoms with van der Waals surface area (Å²) in [4.78, 5) is 21.5. The van der Waals surface area contributed by atoms with Crippen LogP contribution in [0.5, 0.6) is 0 Å². The van der Waals surface area contributed by atoms with Crippen molar-refractivity contribution in [1.82, 2.24) is 20.4 Å². The van der Waals surface area contributed by atoms with E-state index in [0.29, 0.717) is 12.0 Å². The first kappa shape index (κ1) is 23.5. The van der Waals surface area contributed by atoms with E-state index in [-0.39, 0.29) is 35.8 Å². The summed E-state index contributed by atoms with van der Waals surface area (Å²) in [6.07, 6.45) is 3.48. The van der Waals surface area contributed by atoms with Crippen LogP contribution >= 0.6 is 24.0 Å². The highest BCUT2D eigenvalue weighted by Gasteiger charge is 2.28. The third kappa shape index (κ3) is 7.21. The Bertz CT molecular complexity index is 457. The van der Waals surface area contributed by atoms with Crippen molar-refractivity contribution in [3.05, 3.63) is 0 Å². The lowest BCUT2D eigenvalue weighted by Gasteiger charge is -2.20. The molecule has 0 bridgehead atoms. The van der Waals surface area contributed by atoms with Crippen LogP contribution in [0, 0.1) is 11.8 Å². The van der Waals surface area contributed by atoms with Crippen molar-refractivity contribution in [2.75, 3.05) is 45.8 Å². The third-order valence-electron chi connectivity index (χ3n) is 5.10. The Morgan fingerprint density at radius 3 is 2.62 bits per heavy atom. The molecule has 2 fully saturated rings. The Labute approximate surface area is 176 Å². The second kappa shape index (κ2) is 12.0. The summed E-state index contributed by atoms with van der Waals surface area (Å²) in [6.45, 7) is 15.3. The van der Waals surface area contributed by atoms with E-state index in [1.54, 1.807) is 0 Å². The molecule has 2 unspecified atom stereocenters. The summed E-state index contributed by atoms with van der Waals surface area (Å²) in [6, 6.07) is 0.306. The lowest BCUT2D eigenvalue weighted by atomic mass is 10.1. The number of nitrogens with zero attached hydrogens (tertiary/aromatic N) is 3. The van der Waals surface area contributed by atoms with Crippen LogP contribution in [0.1, 0.15) is 47.0 Å². The van der Waals surface area contributed by atoms with Crippen LogP contribution in [0.4, 0.5) is 0 Å². The summed E-state index contributed by atoms with van der Waals surface area (Å²) in [5, 5.41) is 6.89. The first-order valence-electron chi connectivity index (χ1n) is 10.1. The summed E-state index contributed by atoms with van der Waals surface area (Å²) in [5.41, 5.74) is 0. The van der Waals surface area contributed by atoms with Gasteiger partial charge in [0.25, 0.3) is 0 Å². The molecule has 0 spiro atoms. The molecular weight excluding hydrogens is 441 g/mol. The number of rotatable bonds is 7. The van der Waals surface area contributed by atoms with Gasteiger partial charge < -0.3 is 20.4 Å². The average molecular weight is 479 g/mol. The number of hydrogen-bond acceptors (Lipinski definition) is 3. The van der Waals surface area contributed by atoms with Crippen molar-refractivity contribution in [2.45, 2.75) is 53.0 Å². The normalized spacial score (nSPS) is 24.0. The van der Waals surface area contributed by atoms with Crippen LogP contribution in [-0.2, 0) is 4.79 Å². The second-order valence-electron chi connectivity index (χ2n) is 7.74. The van der Waals surface area contributed by atoms with Crippen molar-refractivity contribution >= 4 is 35.8 Å². The van der Waals surface area contributed by atoms with Gasteiger partial charge in [-0.2, -0.15) is 0 Å². The predicted octanol–water partition coefficient (Wildman–Crippen LogP) is 2.15. The minimum Gasteiger partial charge on any atom is -0.357 e. The lowest BCUT2D eigenvalue weighted by molar-refractivity contribution is -0.133. The number of nitrogens with one attached hydrogen (secondary N) is 2. The molecule has 0 aliphatic carbocycles. The molecule has 2 N–H and O–H groups in total. The third-order valence-corrected chi connectivity index (χ3v) is 5.10. The standard InChI is InChI=1S/C19H37N5O.HI/c1-5-9-23-10-7-16(13-23)12-21-19(20-6-2)22-17-8-11-24(14-17)18(25)15(3)4;/h15-17H,5-14H2,1-4H3,(H2,20,21,22);1H. The Kier molecular flexibility index (Phi) is 10.8. The number of amides is 1. The summed E-state index contributed by atoms with van der Waals surface area (Å²) >= 11 is 0. The van der Waals surface area contributed by atoms with E-state index in [2.05, 4.69) is 29.4 Å². The number of hydrogen-bond donors (Lipinski definition) is 2. The molecular formula is C19H38IN5O. The van der Waals surface area contributed by atoms with Crippen LogP contribution in [0.2, 0.25) is 0 Å². The molecule has 2 saturated heterocycles. The van der Waals surface area contributed by atoms with E-state index in [9.17, 15) is 4.79 Å². The van der Waals surface area contributed by atoms with Crippen molar-refractivity contribution in [3.8, 4) is 0 Å². The van der Waals surface area contributed by atoms with E-state index in [1.807, 2.05) is 18.7 Å². The fourth-order valence-electron chi connectivity index (χ4n) is 3.76. The van der Waals surface area contributed by atoms with Gasteiger partial charge in [-0.05, 0) is 45.2 Å². The van der Waals surface area contributed by atoms with Crippen LogP contribution < -0.4 is 10.6 Å². The minimum atomic E-state index is 0. The van der Waals surface area contributed by atoms with Gasteiger partial charge in [0.1, 0.15) is 0 Å². The average Bonchev–Trinajstić information content (AvgIpc) is 3.22. The molecule has 2 heterocycles. The van der Waals surface area contributed by atoms with Crippen LogP contribution in [-0.4, -0.2) is 73.5 Å². The molecule has 0 aromatic carbocycles. The van der Waals surface area contributed by atoms with Crippen molar-refractivity contribution in [1.29, 1.82) is 0 Å². The molecule has 2 atom stereocenters. The highest BCUT2D eigenvalue weighted by molar-refractivity contribution is 14.0. The number of halogens is 1. The van der Waals surface area contributed by atoms with Gasteiger partial charge in [0.15, 0.2) is 5.96 Å². The van der Waals surface area contributed by atoms with Gasteiger partial charge in [-0.15, -0.1) is 24.0 Å². The van der Waals surface area contributed by atoms with E-state index in [1.165, 1.54) is 32.5 Å². The van der Waals surface area contributed by atoms with Crippen molar-refractivity contribution < 1.29 is 4.79 Å². The highest BCUT2D eigenvalue weighted by atomic mass is 127. The monoisotopic (exact) mass is 479 g/mol. The molecule has 7 heteroatoms. The zero-order chi connectivity index (χ0) is 18.2. The maximum absolute atomic E-state index is 12.1. The Morgan fingerprint density at radius 1 is 1.19 bits per heavy atom. The Balaban J connectivity index is 0.00000338.